The van der Waals surface area contributed by atoms with E-state index in [2.05, 4.69) is 18.7 Å². The SMILES string of the molecule is CC(C)N1CCC(C(F)C=O)CC1. The van der Waals surface area contributed by atoms with Gasteiger partial charge < -0.3 is 9.69 Å². The summed E-state index contributed by atoms with van der Waals surface area (Å²) in [5.74, 6) is -0.0347. The van der Waals surface area contributed by atoms with Crippen LogP contribution in [0.5, 0.6) is 0 Å². The average Bonchev–Trinajstić information content (AvgIpc) is 2.17. The molecule has 0 aromatic rings. The van der Waals surface area contributed by atoms with Gasteiger partial charge in [-0.15, -0.1) is 0 Å². The molecule has 1 saturated heterocycles. The van der Waals surface area contributed by atoms with Crippen molar-refractivity contribution in [2.24, 2.45) is 5.92 Å². The van der Waals surface area contributed by atoms with Crippen LogP contribution in [-0.4, -0.2) is 36.5 Å². The van der Waals surface area contributed by atoms with E-state index in [1.54, 1.807) is 0 Å². The first-order chi connectivity index (χ1) is 6.15. The van der Waals surface area contributed by atoms with Crippen molar-refractivity contribution in [3.05, 3.63) is 0 Å². The van der Waals surface area contributed by atoms with Crippen molar-refractivity contribution in [1.82, 2.24) is 4.90 Å². The Balaban J connectivity index is 2.34. The van der Waals surface area contributed by atoms with Crippen LogP contribution in [0.3, 0.4) is 0 Å². The van der Waals surface area contributed by atoms with Gasteiger partial charge in [-0.05, 0) is 45.7 Å². The third-order valence-corrected chi connectivity index (χ3v) is 2.88. The van der Waals surface area contributed by atoms with E-state index in [1.807, 2.05) is 0 Å². The van der Waals surface area contributed by atoms with Crippen molar-refractivity contribution >= 4 is 6.29 Å². The topological polar surface area (TPSA) is 20.3 Å². The van der Waals surface area contributed by atoms with Gasteiger partial charge in [0.25, 0.3) is 0 Å². The lowest BCUT2D eigenvalue weighted by Gasteiger charge is -2.34. The highest BCUT2D eigenvalue weighted by Crippen LogP contribution is 2.22. The number of carbonyl (C=O) groups is 1. The van der Waals surface area contributed by atoms with Crippen LogP contribution in [0.25, 0.3) is 0 Å². The van der Waals surface area contributed by atoms with Gasteiger partial charge in [-0.3, -0.25) is 0 Å². The van der Waals surface area contributed by atoms with Gasteiger partial charge in [0.05, 0.1) is 0 Å². The maximum atomic E-state index is 13.0. The highest BCUT2D eigenvalue weighted by atomic mass is 19.1. The Morgan fingerprint density at radius 2 is 1.92 bits per heavy atom. The van der Waals surface area contributed by atoms with Gasteiger partial charge in [0, 0.05) is 6.04 Å². The molecule has 0 amide bonds. The minimum atomic E-state index is -1.24. The number of alkyl halides is 1. The summed E-state index contributed by atoms with van der Waals surface area (Å²) in [7, 11) is 0. The number of nitrogens with zero attached hydrogens (tertiary/aromatic N) is 1. The average molecular weight is 187 g/mol. The van der Waals surface area contributed by atoms with Gasteiger partial charge in [0.15, 0.2) is 12.5 Å². The fourth-order valence-electron chi connectivity index (χ4n) is 1.87. The highest BCUT2D eigenvalue weighted by molar-refractivity contribution is 5.56. The quantitative estimate of drug-likeness (QED) is 0.626. The second-order valence-electron chi connectivity index (χ2n) is 4.05. The molecule has 2 nitrogen and oxygen atoms in total. The van der Waals surface area contributed by atoms with E-state index in [-0.39, 0.29) is 5.92 Å². The number of rotatable bonds is 3. The summed E-state index contributed by atoms with van der Waals surface area (Å²) in [6.45, 7) is 6.15. The van der Waals surface area contributed by atoms with Gasteiger partial charge >= 0.3 is 0 Å². The summed E-state index contributed by atoms with van der Waals surface area (Å²) in [6.07, 6.45) is 0.834. The van der Waals surface area contributed by atoms with Crippen LogP contribution in [0.1, 0.15) is 26.7 Å². The Bertz CT molecular complexity index is 164. The monoisotopic (exact) mass is 187 g/mol. The predicted octanol–water partition coefficient (Wildman–Crippen LogP) is 1.64. The molecule has 1 rings (SSSR count). The molecule has 0 bridgehead atoms. The molecule has 0 N–H and O–H groups in total. The molecule has 1 fully saturated rings. The van der Waals surface area contributed by atoms with Crippen LogP contribution in [0.4, 0.5) is 4.39 Å². The second kappa shape index (κ2) is 4.70. The molecule has 1 aliphatic heterocycles. The van der Waals surface area contributed by atoms with E-state index in [1.165, 1.54) is 0 Å². The first-order valence-electron chi connectivity index (χ1n) is 4.98. The molecule has 76 valence electrons. The van der Waals surface area contributed by atoms with Crippen LogP contribution in [0.15, 0.2) is 0 Å². The Kier molecular flexibility index (Phi) is 3.85. The fraction of sp³-hybridized carbons (Fsp3) is 0.900. The summed E-state index contributed by atoms with van der Waals surface area (Å²) in [5, 5.41) is 0. The summed E-state index contributed by atoms with van der Waals surface area (Å²) in [6, 6.07) is 0.537. The van der Waals surface area contributed by atoms with E-state index >= 15 is 0 Å². The number of carbonyl (C=O) groups excluding carboxylic acids is 1. The number of hydrogen-bond acceptors (Lipinski definition) is 2. The molecule has 0 radical (unpaired) electrons. The van der Waals surface area contributed by atoms with Crippen LogP contribution in [-0.2, 0) is 4.79 Å². The van der Waals surface area contributed by atoms with Crippen molar-refractivity contribution in [3.8, 4) is 0 Å². The molecule has 0 saturated carbocycles. The lowest BCUT2D eigenvalue weighted by atomic mass is 9.92. The highest BCUT2D eigenvalue weighted by Gasteiger charge is 2.26. The van der Waals surface area contributed by atoms with Crippen LogP contribution in [0, 0.1) is 5.92 Å². The van der Waals surface area contributed by atoms with Crippen LogP contribution in [0.2, 0.25) is 0 Å². The van der Waals surface area contributed by atoms with Crippen molar-refractivity contribution in [2.75, 3.05) is 13.1 Å². The largest absolute Gasteiger partial charge is 0.301 e. The number of hydrogen-bond donors (Lipinski definition) is 0. The third-order valence-electron chi connectivity index (χ3n) is 2.88. The molecule has 3 heteroatoms. The predicted molar refractivity (Wildman–Crippen MR) is 50.4 cm³/mol. The van der Waals surface area contributed by atoms with E-state index < -0.39 is 6.17 Å². The van der Waals surface area contributed by atoms with Crippen LogP contribution < -0.4 is 0 Å². The van der Waals surface area contributed by atoms with Crippen molar-refractivity contribution in [1.29, 1.82) is 0 Å². The molecule has 1 aliphatic rings. The summed E-state index contributed by atoms with van der Waals surface area (Å²) in [5.41, 5.74) is 0. The van der Waals surface area contributed by atoms with E-state index in [0.29, 0.717) is 12.3 Å². The third kappa shape index (κ3) is 2.76. The van der Waals surface area contributed by atoms with E-state index in [0.717, 1.165) is 25.9 Å². The molecule has 0 aromatic heterocycles. The number of likely N-dealkylation sites (tertiary alicyclic amines) is 1. The summed E-state index contributed by atoms with van der Waals surface area (Å²) >= 11 is 0. The number of piperidine rings is 1. The normalized spacial score (nSPS) is 23.4. The van der Waals surface area contributed by atoms with E-state index in [4.69, 9.17) is 0 Å². The molecule has 1 unspecified atom stereocenters. The van der Waals surface area contributed by atoms with Crippen LogP contribution >= 0.6 is 0 Å². The lowest BCUT2D eigenvalue weighted by Crippen LogP contribution is -2.40. The van der Waals surface area contributed by atoms with Gasteiger partial charge in [0.2, 0.25) is 0 Å². The minimum Gasteiger partial charge on any atom is -0.301 e. The Labute approximate surface area is 79.1 Å². The molecule has 1 atom stereocenters. The smallest absolute Gasteiger partial charge is 0.158 e. The first-order valence-corrected chi connectivity index (χ1v) is 4.98. The van der Waals surface area contributed by atoms with E-state index in [9.17, 15) is 9.18 Å². The van der Waals surface area contributed by atoms with Gasteiger partial charge in [-0.25, -0.2) is 4.39 Å². The van der Waals surface area contributed by atoms with Gasteiger partial charge in [0.1, 0.15) is 0 Å². The van der Waals surface area contributed by atoms with Crippen molar-refractivity contribution < 1.29 is 9.18 Å². The Hall–Kier alpha value is -0.440. The second-order valence-corrected chi connectivity index (χ2v) is 4.05. The maximum Gasteiger partial charge on any atom is 0.158 e. The molecular weight excluding hydrogens is 169 g/mol. The number of aldehydes is 1. The van der Waals surface area contributed by atoms with Crippen molar-refractivity contribution in [2.45, 2.75) is 38.9 Å². The molecule has 13 heavy (non-hydrogen) atoms. The fourth-order valence-corrected chi connectivity index (χ4v) is 1.87. The van der Waals surface area contributed by atoms with Gasteiger partial charge in [-0.1, -0.05) is 0 Å². The number of halogens is 1. The minimum absolute atomic E-state index is 0.0347. The maximum absolute atomic E-state index is 13.0. The molecular formula is C10H18FNO. The van der Waals surface area contributed by atoms with Gasteiger partial charge in [-0.2, -0.15) is 0 Å². The van der Waals surface area contributed by atoms with Crippen molar-refractivity contribution in [3.63, 3.8) is 0 Å². The standard InChI is InChI=1S/C10H18FNO/c1-8(2)12-5-3-9(4-6-12)10(11)7-13/h7-10H,3-6H2,1-2H3. The zero-order valence-electron chi connectivity index (χ0n) is 8.37. The molecule has 1 heterocycles. The zero-order chi connectivity index (χ0) is 9.84. The Morgan fingerprint density at radius 3 is 2.31 bits per heavy atom. The lowest BCUT2D eigenvalue weighted by molar-refractivity contribution is -0.114. The Morgan fingerprint density at radius 1 is 1.38 bits per heavy atom. The summed E-state index contributed by atoms with van der Waals surface area (Å²) < 4.78 is 13.0. The zero-order valence-corrected chi connectivity index (χ0v) is 8.37. The molecule has 0 aromatic carbocycles. The molecule has 0 aliphatic carbocycles. The first kappa shape index (κ1) is 10.6. The molecule has 0 spiro atoms. The summed E-state index contributed by atoms with van der Waals surface area (Å²) in [4.78, 5) is 12.6.